The quantitative estimate of drug-likeness (QED) is 0.841. The molecule has 0 aromatic heterocycles. The molecule has 1 aliphatic heterocycles. The Bertz CT molecular complexity index is 571. The highest BCUT2D eigenvalue weighted by Crippen LogP contribution is 2.20. The van der Waals surface area contributed by atoms with E-state index in [1.165, 1.54) is 49.2 Å². The van der Waals surface area contributed by atoms with Crippen molar-refractivity contribution >= 4 is 5.69 Å². The van der Waals surface area contributed by atoms with E-state index in [0.717, 1.165) is 13.1 Å². The molecule has 23 heavy (non-hydrogen) atoms. The summed E-state index contributed by atoms with van der Waals surface area (Å²) >= 11 is 0. The van der Waals surface area contributed by atoms with Gasteiger partial charge in [-0.2, -0.15) is 0 Å². The third-order valence-electron chi connectivity index (χ3n) is 4.81. The van der Waals surface area contributed by atoms with Crippen LogP contribution in [0.3, 0.4) is 0 Å². The van der Waals surface area contributed by atoms with Gasteiger partial charge >= 0.3 is 0 Å². The van der Waals surface area contributed by atoms with E-state index in [4.69, 9.17) is 0 Å². The van der Waals surface area contributed by atoms with Gasteiger partial charge in [-0.25, -0.2) is 0 Å². The summed E-state index contributed by atoms with van der Waals surface area (Å²) in [6.45, 7) is 6.66. The molecule has 2 heteroatoms. The summed E-state index contributed by atoms with van der Waals surface area (Å²) in [5.41, 5.74) is 4.15. The van der Waals surface area contributed by atoms with E-state index < -0.39 is 0 Å². The van der Waals surface area contributed by atoms with Gasteiger partial charge in [0.05, 0.1) is 0 Å². The lowest BCUT2D eigenvalue weighted by molar-refractivity contribution is 0.577. The standard InChI is InChI=1S/C21H28N2/c1-18(20-8-4-2-5-9-20)16-22-17-19-10-12-21(13-11-19)23-14-6-3-7-15-23/h2,4-5,8-13,18,22H,3,6-7,14-17H2,1H3. The van der Waals surface area contributed by atoms with Gasteiger partial charge in [-0.3, -0.25) is 0 Å². The molecule has 2 aromatic carbocycles. The molecule has 122 valence electrons. The minimum atomic E-state index is 0.545. The van der Waals surface area contributed by atoms with Gasteiger partial charge in [0, 0.05) is 31.9 Å². The molecule has 2 aromatic rings. The predicted molar refractivity (Wildman–Crippen MR) is 99.1 cm³/mol. The fourth-order valence-corrected chi connectivity index (χ4v) is 3.31. The summed E-state index contributed by atoms with van der Waals surface area (Å²) < 4.78 is 0. The molecule has 1 atom stereocenters. The van der Waals surface area contributed by atoms with Crippen LogP contribution in [0.15, 0.2) is 54.6 Å². The third-order valence-corrected chi connectivity index (χ3v) is 4.81. The Kier molecular flexibility index (Phi) is 5.71. The number of rotatable bonds is 6. The van der Waals surface area contributed by atoms with E-state index >= 15 is 0 Å². The molecular formula is C21H28N2. The molecule has 0 radical (unpaired) electrons. The van der Waals surface area contributed by atoms with Gasteiger partial charge in [-0.1, -0.05) is 49.4 Å². The Morgan fingerprint density at radius 1 is 0.913 bits per heavy atom. The molecule has 2 nitrogen and oxygen atoms in total. The SMILES string of the molecule is CC(CNCc1ccc(N2CCCCC2)cc1)c1ccccc1. The van der Waals surface area contributed by atoms with Crippen molar-refractivity contribution in [1.82, 2.24) is 5.32 Å². The summed E-state index contributed by atoms with van der Waals surface area (Å²) in [4.78, 5) is 2.51. The van der Waals surface area contributed by atoms with Crippen molar-refractivity contribution in [1.29, 1.82) is 0 Å². The highest BCUT2D eigenvalue weighted by molar-refractivity contribution is 5.47. The smallest absolute Gasteiger partial charge is 0.0366 e. The van der Waals surface area contributed by atoms with Gasteiger partial charge in [0.1, 0.15) is 0 Å². The van der Waals surface area contributed by atoms with E-state index in [-0.39, 0.29) is 0 Å². The number of benzene rings is 2. The van der Waals surface area contributed by atoms with Crippen LogP contribution in [-0.4, -0.2) is 19.6 Å². The zero-order chi connectivity index (χ0) is 15.9. The van der Waals surface area contributed by atoms with Gasteiger partial charge < -0.3 is 10.2 Å². The van der Waals surface area contributed by atoms with Crippen molar-refractivity contribution in [3.8, 4) is 0 Å². The summed E-state index contributed by atoms with van der Waals surface area (Å²) in [5.74, 6) is 0.545. The average molecular weight is 308 g/mol. The van der Waals surface area contributed by atoms with Gasteiger partial charge in [-0.05, 0) is 48.4 Å². The summed E-state index contributed by atoms with van der Waals surface area (Å²) in [6, 6.07) is 19.8. The normalized spacial score (nSPS) is 16.3. The highest BCUT2D eigenvalue weighted by atomic mass is 15.1. The van der Waals surface area contributed by atoms with E-state index in [1.54, 1.807) is 0 Å². The van der Waals surface area contributed by atoms with Crippen LogP contribution in [0.5, 0.6) is 0 Å². The molecule has 1 heterocycles. The predicted octanol–water partition coefficient (Wildman–Crippen LogP) is 4.57. The second-order valence-electron chi connectivity index (χ2n) is 6.66. The molecule has 0 bridgehead atoms. The van der Waals surface area contributed by atoms with Crippen LogP contribution >= 0.6 is 0 Å². The first kappa shape index (κ1) is 16.1. The van der Waals surface area contributed by atoms with Crippen molar-refractivity contribution in [3.05, 3.63) is 65.7 Å². The number of nitrogens with zero attached hydrogens (tertiary/aromatic N) is 1. The Balaban J connectivity index is 1.47. The number of anilines is 1. The molecule has 3 rings (SSSR count). The first-order valence-electron chi connectivity index (χ1n) is 8.92. The zero-order valence-electron chi connectivity index (χ0n) is 14.2. The molecule has 1 unspecified atom stereocenters. The minimum Gasteiger partial charge on any atom is -0.372 e. The van der Waals surface area contributed by atoms with E-state index in [9.17, 15) is 0 Å². The second-order valence-corrected chi connectivity index (χ2v) is 6.66. The maximum atomic E-state index is 3.59. The maximum Gasteiger partial charge on any atom is 0.0366 e. The number of hydrogen-bond acceptors (Lipinski definition) is 2. The molecule has 0 spiro atoms. The first-order valence-corrected chi connectivity index (χ1v) is 8.92. The Morgan fingerprint density at radius 3 is 2.30 bits per heavy atom. The van der Waals surface area contributed by atoms with Gasteiger partial charge in [-0.15, -0.1) is 0 Å². The molecule has 0 aliphatic carbocycles. The zero-order valence-corrected chi connectivity index (χ0v) is 14.2. The van der Waals surface area contributed by atoms with Crippen molar-refractivity contribution in [2.45, 2.75) is 38.6 Å². The molecule has 1 fully saturated rings. The van der Waals surface area contributed by atoms with Gasteiger partial charge in [0.2, 0.25) is 0 Å². The van der Waals surface area contributed by atoms with Crippen LogP contribution in [0.2, 0.25) is 0 Å². The number of nitrogens with one attached hydrogen (secondary N) is 1. The lowest BCUT2D eigenvalue weighted by Crippen LogP contribution is -2.29. The summed E-state index contributed by atoms with van der Waals surface area (Å²) in [5, 5.41) is 3.59. The first-order chi connectivity index (χ1) is 11.3. The molecule has 0 amide bonds. The minimum absolute atomic E-state index is 0.545. The van der Waals surface area contributed by atoms with Crippen molar-refractivity contribution in [2.24, 2.45) is 0 Å². The van der Waals surface area contributed by atoms with Crippen LogP contribution in [0.1, 0.15) is 43.2 Å². The van der Waals surface area contributed by atoms with E-state index in [0.29, 0.717) is 5.92 Å². The van der Waals surface area contributed by atoms with Gasteiger partial charge in [0.15, 0.2) is 0 Å². The molecule has 1 aliphatic rings. The lowest BCUT2D eigenvalue weighted by atomic mass is 10.0. The van der Waals surface area contributed by atoms with Crippen molar-refractivity contribution < 1.29 is 0 Å². The average Bonchev–Trinajstić information content (AvgIpc) is 2.64. The molecule has 0 saturated carbocycles. The monoisotopic (exact) mass is 308 g/mol. The molecule has 1 saturated heterocycles. The Hall–Kier alpha value is -1.80. The summed E-state index contributed by atoms with van der Waals surface area (Å²) in [7, 11) is 0. The fraction of sp³-hybridized carbons (Fsp3) is 0.429. The van der Waals surface area contributed by atoms with Crippen LogP contribution in [0.4, 0.5) is 5.69 Å². The third kappa shape index (κ3) is 4.59. The van der Waals surface area contributed by atoms with Crippen molar-refractivity contribution in [3.63, 3.8) is 0 Å². The van der Waals surface area contributed by atoms with Gasteiger partial charge in [0.25, 0.3) is 0 Å². The van der Waals surface area contributed by atoms with Crippen LogP contribution < -0.4 is 10.2 Å². The number of piperidine rings is 1. The number of hydrogen-bond donors (Lipinski definition) is 1. The second kappa shape index (κ2) is 8.16. The molecular weight excluding hydrogens is 280 g/mol. The molecule has 1 N–H and O–H groups in total. The fourth-order valence-electron chi connectivity index (χ4n) is 3.31. The van der Waals surface area contributed by atoms with Crippen LogP contribution in [0.25, 0.3) is 0 Å². The van der Waals surface area contributed by atoms with E-state index in [2.05, 4.69) is 71.7 Å². The maximum absolute atomic E-state index is 3.59. The van der Waals surface area contributed by atoms with Crippen LogP contribution in [0, 0.1) is 0 Å². The van der Waals surface area contributed by atoms with E-state index in [1.807, 2.05) is 0 Å². The van der Waals surface area contributed by atoms with Crippen LogP contribution in [-0.2, 0) is 6.54 Å². The Labute approximate surface area is 140 Å². The lowest BCUT2D eigenvalue weighted by Gasteiger charge is -2.28. The Morgan fingerprint density at radius 2 is 1.61 bits per heavy atom. The highest BCUT2D eigenvalue weighted by Gasteiger charge is 2.10. The largest absolute Gasteiger partial charge is 0.372 e. The summed E-state index contributed by atoms with van der Waals surface area (Å²) in [6.07, 6.45) is 4.06. The van der Waals surface area contributed by atoms with Crippen molar-refractivity contribution in [2.75, 3.05) is 24.5 Å². The topological polar surface area (TPSA) is 15.3 Å².